The van der Waals surface area contributed by atoms with Gasteiger partial charge in [-0.25, -0.2) is 0 Å². The Morgan fingerprint density at radius 3 is 2.43 bits per heavy atom. The Morgan fingerprint density at radius 2 is 1.86 bits per heavy atom. The van der Waals surface area contributed by atoms with E-state index in [4.69, 9.17) is 15.2 Å². The van der Waals surface area contributed by atoms with E-state index in [0.29, 0.717) is 25.0 Å². The molecular formula is C16H27N3O2. The van der Waals surface area contributed by atoms with E-state index in [-0.39, 0.29) is 6.10 Å². The molecule has 21 heavy (non-hydrogen) atoms. The van der Waals surface area contributed by atoms with Crippen molar-refractivity contribution in [1.29, 1.82) is 0 Å². The topological polar surface area (TPSA) is 68.9 Å². The predicted octanol–water partition coefficient (Wildman–Crippen LogP) is 2.87. The fraction of sp³-hybridized carbons (Fsp3) is 0.562. The first-order valence-corrected chi connectivity index (χ1v) is 7.38. The van der Waals surface area contributed by atoms with Crippen LogP contribution < -0.4 is 15.8 Å². The highest BCUT2D eigenvalue weighted by Gasteiger charge is 1.99. The second-order valence-electron chi connectivity index (χ2n) is 5.55. The van der Waals surface area contributed by atoms with Gasteiger partial charge in [-0.2, -0.15) is 0 Å². The lowest BCUT2D eigenvalue weighted by Crippen LogP contribution is -2.23. The van der Waals surface area contributed by atoms with E-state index in [1.54, 1.807) is 0 Å². The summed E-state index contributed by atoms with van der Waals surface area (Å²) in [6.07, 6.45) is 0.168. The van der Waals surface area contributed by atoms with Crippen LogP contribution in [0.1, 0.15) is 27.7 Å². The molecule has 0 atom stereocenters. The van der Waals surface area contributed by atoms with Crippen LogP contribution in [0.25, 0.3) is 0 Å². The Bertz CT molecular complexity index is 428. The SMILES string of the molecule is CC(C)COCCN=C(N)Nc1ccc(OC(C)C)cc1. The van der Waals surface area contributed by atoms with Crippen molar-refractivity contribution < 1.29 is 9.47 Å². The van der Waals surface area contributed by atoms with E-state index in [9.17, 15) is 0 Å². The highest BCUT2D eigenvalue weighted by atomic mass is 16.5. The van der Waals surface area contributed by atoms with Crippen LogP contribution in [0.3, 0.4) is 0 Å². The third-order valence-corrected chi connectivity index (χ3v) is 2.47. The summed E-state index contributed by atoms with van der Waals surface area (Å²) in [4.78, 5) is 4.21. The second kappa shape index (κ2) is 9.23. The molecule has 0 aliphatic carbocycles. The maximum absolute atomic E-state index is 5.82. The molecule has 0 saturated heterocycles. The zero-order valence-electron chi connectivity index (χ0n) is 13.4. The Labute approximate surface area is 127 Å². The number of benzene rings is 1. The van der Waals surface area contributed by atoms with Crippen LogP contribution in [0.4, 0.5) is 5.69 Å². The van der Waals surface area contributed by atoms with E-state index in [1.807, 2.05) is 38.1 Å². The van der Waals surface area contributed by atoms with Gasteiger partial charge in [-0.05, 0) is 44.0 Å². The Kier molecular flexibility index (Phi) is 7.61. The lowest BCUT2D eigenvalue weighted by atomic mass is 10.2. The van der Waals surface area contributed by atoms with Crippen LogP contribution in [0.5, 0.6) is 5.75 Å². The first kappa shape index (κ1) is 17.3. The molecule has 3 N–H and O–H groups in total. The van der Waals surface area contributed by atoms with Gasteiger partial charge in [0.25, 0.3) is 0 Å². The summed E-state index contributed by atoms with van der Waals surface area (Å²) < 4.78 is 11.0. The number of guanidine groups is 1. The van der Waals surface area contributed by atoms with Crippen molar-refractivity contribution in [1.82, 2.24) is 0 Å². The number of nitrogens with one attached hydrogen (secondary N) is 1. The van der Waals surface area contributed by atoms with E-state index in [0.717, 1.165) is 18.0 Å². The number of rotatable bonds is 8. The maximum Gasteiger partial charge on any atom is 0.193 e. The zero-order valence-corrected chi connectivity index (χ0v) is 13.4. The Hall–Kier alpha value is -1.75. The minimum absolute atomic E-state index is 0.168. The van der Waals surface area contributed by atoms with E-state index < -0.39 is 0 Å². The maximum atomic E-state index is 5.82. The highest BCUT2D eigenvalue weighted by molar-refractivity contribution is 5.92. The van der Waals surface area contributed by atoms with Gasteiger partial charge in [-0.15, -0.1) is 0 Å². The normalized spacial score (nSPS) is 12.0. The van der Waals surface area contributed by atoms with Crippen molar-refractivity contribution in [2.24, 2.45) is 16.6 Å². The summed E-state index contributed by atoms with van der Waals surface area (Å²) in [6, 6.07) is 7.63. The van der Waals surface area contributed by atoms with Gasteiger partial charge < -0.3 is 20.5 Å². The molecule has 0 aliphatic rings. The van der Waals surface area contributed by atoms with Crippen LogP contribution in [-0.4, -0.2) is 31.8 Å². The van der Waals surface area contributed by atoms with Crippen LogP contribution in [-0.2, 0) is 4.74 Å². The van der Waals surface area contributed by atoms with Crippen molar-refractivity contribution >= 4 is 11.6 Å². The monoisotopic (exact) mass is 293 g/mol. The van der Waals surface area contributed by atoms with Crippen molar-refractivity contribution in [3.05, 3.63) is 24.3 Å². The lowest BCUT2D eigenvalue weighted by molar-refractivity contribution is 0.117. The molecule has 0 aliphatic heterocycles. The molecule has 118 valence electrons. The fourth-order valence-corrected chi connectivity index (χ4v) is 1.63. The molecule has 1 aromatic rings. The van der Waals surface area contributed by atoms with Gasteiger partial charge in [0.05, 0.1) is 19.3 Å². The number of hydrogen-bond donors (Lipinski definition) is 2. The number of hydrogen-bond acceptors (Lipinski definition) is 3. The number of anilines is 1. The number of aliphatic imine (C=N–C) groups is 1. The summed E-state index contributed by atoms with van der Waals surface area (Å²) in [5.41, 5.74) is 6.70. The number of nitrogens with two attached hydrogens (primary N) is 1. The molecule has 0 unspecified atom stereocenters. The molecule has 0 heterocycles. The van der Waals surface area contributed by atoms with Gasteiger partial charge in [0.15, 0.2) is 5.96 Å². The van der Waals surface area contributed by atoms with Crippen molar-refractivity contribution in [3.8, 4) is 5.75 Å². The molecule has 0 fully saturated rings. The molecule has 0 spiro atoms. The van der Waals surface area contributed by atoms with Gasteiger partial charge in [-0.1, -0.05) is 13.8 Å². The molecular weight excluding hydrogens is 266 g/mol. The van der Waals surface area contributed by atoms with Gasteiger partial charge in [-0.3, -0.25) is 4.99 Å². The van der Waals surface area contributed by atoms with Gasteiger partial charge in [0.2, 0.25) is 0 Å². The molecule has 0 amide bonds. The van der Waals surface area contributed by atoms with E-state index in [1.165, 1.54) is 0 Å². The molecule has 0 saturated carbocycles. The van der Waals surface area contributed by atoms with E-state index in [2.05, 4.69) is 24.2 Å². The van der Waals surface area contributed by atoms with Crippen molar-refractivity contribution in [2.75, 3.05) is 25.1 Å². The van der Waals surface area contributed by atoms with Crippen molar-refractivity contribution in [3.63, 3.8) is 0 Å². The summed E-state index contributed by atoms with van der Waals surface area (Å²) in [7, 11) is 0. The van der Waals surface area contributed by atoms with Crippen LogP contribution in [0.15, 0.2) is 29.3 Å². The second-order valence-corrected chi connectivity index (χ2v) is 5.55. The predicted molar refractivity (Wildman–Crippen MR) is 88.0 cm³/mol. The van der Waals surface area contributed by atoms with Crippen LogP contribution >= 0.6 is 0 Å². The first-order chi connectivity index (χ1) is 9.97. The van der Waals surface area contributed by atoms with Crippen LogP contribution in [0, 0.1) is 5.92 Å². The van der Waals surface area contributed by atoms with Gasteiger partial charge in [0.1, 0.15) is 5.75 Å². The van der Waals surface area contributed by atoms with Gasteiger partial charge >= 0.3 is 0 Å². The summed E-state index contributed by atoms with van der Waals surface area (Å²) >= 11 is 0. The van der Waals surface area contributed by atoms with Crippen molar-refractivity contribution in [2.45, 2.75) is 33.8 Å². The average Bonchev–Trinajstić information content (AvgIpc) is 2.39. The minimum Gasteiger partial charge on any atom is -0.491 e. The Balaban J connectivity index is 2.34. The first-order valence-electron chi connectivity index (χ1n) is 7.38. The third-order valence-electron chi connectivity index (χ3n) is 2.47. The third kappa shape index (κ3) is 8.19. The highest BCUT2D eigenvalue weighted by Crippen LogP contribution is 2.16. The van der Waals surface area contributed by atoms with Crippen LogP contribution in [0.2, 0.25) is 0 Å². The van der Waals surface area contributed by atoms with Gasteiger partial charge in [0, 0.05) is 12.3 Å². The summed E-state index contributed by atoms with van der Waals surface area (Å²) in [5.74, 6) is 1.77. The number of ether oxygens (including phenoxy) is 2. The molecule has 0 aromatic heterocycles. The molecule has 5 nitrogen and oxygen atoms in total. The fourth-order valence-electron chi connectivity index (χ4n) is 1.63. The standard InChI is InChI=1S/C16H27N3O2/c1-12(2)11-20-10-9-18-16(17)19-14-5-7-15(8-6-14)21-13(3)4/h5-8,12-13H,9-11H2,1-4H3,(H3,17,18,19). The molecule has 1 rings (SSSR count). The molecule has 0 bridgehead atoms. The largest absolute Gasteiger partial charge is 0.491 e. The average molecular weight is 293 g/mol. The minimum atomic E-state index is 0.168. The number of nitrogens with zero attached hydrogens (tertiary/aromatic N) is 1. The lowest BCUT2D eigenvalue weighted by Gasteiger charge is -2.11. The Morgan fingerprint density at radius 1 is 1.19 bits per heavy atom. The quantitative estimate of drug-likeness (QED) is 0.439. The molecule has 5 heteroatoms. The molecule has 1 aromatic carbocycles. The zero-order chi connectivity index (χ0) is 15.7. The summed E-state index contributed by atoms with van der Waals surface area (Å²) in [6.45, 7) is 10.1. The van der Waals surface area contributed by atoms with E-state index >= 15 is 0 Å². The smallest absolute Gasteiger partial charge is 0.193 e. The molecule has 0 radical (unpaired) electrons. The summed E-state index contributed by atoms with van der Waals surface area (Å²) in [5, 5.41) is 3.04.